The maximum absolute atomic E-state index is 12.6. The number of carbonyl (C=O) groups excluding carboxylic acids is 1. The first kappa shape index (κ1) is 15.8. The Hall–Kier alpha value is -1.10. The lowest BCUT2D eigenvalue weighted by molar-refractivity contribution is 0.0913. The van der Waals surface area contributed by atoms with Crippen molar-refractivity contribution in [3.05, 3.63) is 34.2 Å². The van der Waals surface area contributed by atoms with Gasteiger partial charge in [0.1, 0.15) is 4.88 Å². The summed E-state index contributed by atoms with van der Waals surface area (Å²) in [7, 11) is 2.15. The average Bonchev–Trinajstić information content (AvgIpc) is 2.85. The van der Waals surface area contributed by atoms with Crippen molar-refractivity contribution in [1.82, 2.24) is 10.2 Å². The molecule has 5 heteroatoms. The molecule has 1 saturated heterocycles. The van der Waals surface area contributed by atoms with Crippen LogP contribution in [0.1, 0.15) is 29.4 Å². The number of nitrogens with one attached hydrogen (secondary N) is 1. The van der Waals surface area contributed by atoms with Gasteiger partial charge in [0, 0.05) is 16.1 Å². The third-order valence-corrected chi connectivity index (χ3v) is 6.24. The smallest absolute Gasteiger partial charge is 0.263 e. The number of amides is 1. The fourth-order valence-corrected chi connectivity index (χ4v) is 4.50. The van der Waals surface area contributed by atoms with Crippen molar-refractivity contribution < 1.29 is 4.79 Å². The van der Waals surface area contributed by atoms with E-state index in [2.05, 4.69) is 24.2 Å². The fourth-order valence-electron chi connectivity index (χ4n) is 3.08. The van der Waals surface area contributed by atoms with Crippen LogP contribution in [0.25, 0.3) is 10.1 Å². The number of halogens is 1. The number of carbonyl (C=O) groups is 1. The molecule has 0 spiro atoms. The summed E-state index contributed by atoms with van der Waals surface area (Å²) in [5.41, 5.74) is 0. The molecule has 1 N–H and O–H groups in total. The molecule has 0 radical (unpaired) electrons. The van der Waals surface area contributed by atoms with Crippen LogP contribution in [0, 0.1) is 5.92 Å². The number of hydrogen-bond acceptors (Lipinski definition) is 3. The molecule has 1 atom stereocenters. The quantitative estimate of drug-likeness (QED) is 0.918. The fraction of sp³-hybridized carbons (Fsp3) is 0.471. The van der Waals surface area contributed by atoms with Crippen LogP contribution in [-0.2, 0) is 0 Å². The van der Waals surface area contributed by atoms with E-state index < -0.39 is 0 Å². The first-order valence-corrected chi connectivity index (χ1v) is 8.92. The van der Waals surface area contributed by atoms with Crippen LogP contribution >= 0.6 is 22.9 Å². The highest BCUT2D eigenvalue weighted by molar-refractivity contribution is 7.21. The Morgan fingerprint density at radius 3 is 2.73 bits per heavy atom. The molecule has 2 aromatic rings. The van der Waals surface area contributed by atoms with Gasteiger partial charge in [0.05, 0.1) is 5.02 Å². The highest BCUT2D eigenvalue weighted by Crippen LogP contribution is 2.35. The molecule has 3 nitrogen and oxygen atoms in total. The normalized spacial score (nSPS) is 18.5. The Morgan fingerprint density at radius 2 is 2.05 bits per heavy atom. The maximum Gasteiger partial charge on any atom is 0.263 e. The molecule has 0 aliphatic carbocycles. The lowest BCUT2D eigenvalue weighted by Crippen LogP contribution is -2.42. The topological polar surface area (TPSA) is 32.3 Å². The van der Waals surface area contributed by atoms with Crippen molar-refractivity contribution in [3.63, 3.8) is 0 Å². The monoisotopic (exact) mass is 336 g/mol. The van der Waals surface area contributed by atoms with Gasteiger partial charge in [0.2, 0.25) is 0 Å². The summed E-state index contributed by atoms with van der Waals surface area (Å²) in [6.07, 6.45) is 2.27. The highest BCUT2D eigenvalue weighted by atomic mass is 35.5. The van der Waals surface area contributed by atoms with Crippen LogP contribution in [-0.4, -0.2) is 37.0 Å². The van der Waals surface area contributed by atoms with Gasteiger partial charge < -0.3 is 10.2 Å². The zero-order valence-electron chi connectivity index (χ0n) is 12.9. The zero-order chi connectivity index (χ0) is 15.7. The number of benzene rings is 1. The second-order valence-electron chi connectivity index (χ2n) is 6.14. The minimum atomic E-state index is -0.0439. The van der Waals surface area contributed by atoms with E-state index in [1.54, 1.807) is 0 Å². The van der Waals surface area contributed by atoms with Gasteiger partial charge in [-0.1, -0.05) is 29.8 Å². The van der Waals surface area contributed by atoms with Gasteiger partial charge >= 0.3 is 0 Å². The summed E-state index contributed by atoms with van der Waals surface area (Å²) in [4.78, 5) is 15.5. The van der Waals surface area contributed by atoms with Crippen molar-refractivity contribution >= 4 is 38.9 Å². The number of fused-ring (bicyclic) bond motifs is 1. The first-order valence-electron chi connectivity index (χ1n) is 7.72. The summed E-state index contributed by atoms with van der Waals surface area (Å²) in [5, 5.41) is 4.69. The van der Waals surface area contributed by atoms with E-state index in [9.17, 15) is 4.79 Å². The van der Waals surface area contributed by atoms with Gasteiger partial charge in [-0.25, -0.2) is 0 Å². The maximum atomic E-state index is 12.6. The molecule has 0 unspecified atom stereocenters. The molecular weight excluding hydrogens is 316 g/mol. The van der Waals surface area contributed by atoms with Crippen LogP contribution < -0.4 is 5.32 Å². The van der Waals surface area contributed by atoms with Crippen molar-refractivity contribution in [2.75, 3.05) is 20.1 Å². The Bertz CT molecular complexity index is 676. The molecule has 1 amide bonds. The summed E-state index contributed by atoms with van der Waals surface area (Å²) < 4.78 is 1.06. The molecule has 118 valence electrons. The molecule has 0 bridgehead atoms. The standard InChI is InChI=1S/C17H21ClN2OS/c1-11(12-7-9-20(2)10-8-12)19-17(21)16-15(18)13-5-3-4-6-14(13)22-16/h3-6,11-12H,7-10H2,1-2H3,(H,19,21)/t11-/m0/s1. The molecular formula is C17H21ClN2OS. The minimum Gasteiger partial charge on any atom is -0.349 e. The number of thiophene rings is 1. The Morgan fingerprint density at radius 1 is 1.36 bits per heavy atom. The summed E-state index contributed by atoms with van der Waals surface area (Å²) in [6.45, 7) is 4.32. The molecule has 0 saturated carbocycles. The van der Waals surface area contributed by atoms with Crippen molar-refractivity contribution in [1.29, 1.82) is 0 Å². The van der Waals surface area contributed by atoms with Gasteiger partial charge in [-0.2, -0.15) is 0 Å². The third-order valence-electron chi connectivity index (χ3n) is 4.57. The van der Waals surface area contributed by atoms with Gasteiger partial charge in [-0.05, 0) is 51.9 Å². The molecule has 3 rings (SSSR count). The van der Waals surface area contributed by atoms with Crippen LogP contribution in [0.5, 0.6) is 0 Å². The van der Waals surface area contributed by atoms with Crippen LogP contribution in [0.2, 0.25) is 5.02 Å². The number of nitrogens with zero attached hydrogens (tertiary/aromatic N) is 1. The first-order chi connectivity index (χ1) is 10.6. The van der Waals surface area contributed by atoms with Crippen molar-refractivity contribution in [3.8, 4) is 0 Å². The predicted octanol–water partition coefficient (Wildman–Crippen LogP) is 4.01. The van der Waals surface area contributed by atoms with E-state index in [0.717, 1.165) is 36.0 Å². The SMILES string of the molecule is C[C@H](NC(=O)c1sc2ccccc2c1Cl)C1CCN(C)CC1. The van der Waals surface area contributed by atoms with E-state index >= 15 is 0 Å². The second kappa shape index (κ2) is 6.57. The zero-order valence-corrected chi connectivity index (χ0v) is 14.5. The van der Waals surface area contributed by atoms with Gasteiger partial charge in [-0.3, -0.25) is 4.79 Å². The Labute approximate surface area is 140 Å². The predicted molar refractivity (Wildman–Crippen MR) is 94.0 cm³/mol. The van der Waals surface area contributed by atoms with E-state index in [1.807, 2.05) is 24.3 Å². The lowest BCUT2D eigenvalue weighted by atomic mass is 9.90. The van der Waals surface area contributed by atoms with Crippen molar-refractivity contribution in [2.45, 2.75) is 25.8 Å². The highest BCUT2D eigenvalue weighted by Gasteiger charge is 2.25. The number of rotatable bonds is 3. The average molecular weight is 337 g/mol. The molecule has 1 aliphatic heterocycles. The summed E-state index contributed by atoms with van der Waals surface area (Å²) in [6, 6.07) is 8.07. The van der Waals surface area contributed by atoms with Gasteiger partial charge in [-0.15, -0.1) is 11.3 Å². The molecule has 1 aromatic heterocycles. The molecule has 2 heterocycles. The molecule has 1 aliphatic rings. The van der Waals surface area contributed by atoms with Crippen molar-refractivity contribution in [2.24, 2.45) is 5.92 Å². The third kappa shape index (κ3) is 3.14. The lowest BCUT2D eigenvalue weighted by Gasteiger charge is -2.33. The summed E-state index contributed by atoms with van der Waals surface area (Å²) >= 11 is 7.85. The number of piperidine rings is 1. The van der Waals surface area contributed by atoms with Gasteiger partial charge in [0.15, 0.2) is 0 Å². The van der Waals surface area contributed by atoms with E-state index in [0.29, 0.717) is 15.8 Å². The van der Waals surface area contributed by atoms with Crippen LogP contribution in [0.3, 0.4) is 0 Å². The van der Waals surface area contributed by atoms with Gasteiger partial charge in [0.25, 0.3) is 5.91 Å². The summed E-state index contributed by atoms with van der Waals surface area (Å²) in [5.74, 6) is 0.505. The van der Waals surface area contributed by atoms with Crippen LogP contribution in [0.15, 0.2) is 24.3 Å². The molecule has 22 heavy (non-hydrogen) atoms. The largest absolute Gasteiger partial charge is 0.349 e. The Balaban J connectivity index is 1.71. The molecule has 1 aromatic carbocycles. The molecule has 1 fully saturated rings. The Kier molecular flexibility index (Phi) is 4.71. The number of likely N-dealkylation sites (tertiary alicyclic amines) is 1. The van der Waals surface area contributed by atoms with E-state index in [-0.39, 0.29) is 11.9 Å². The van der Waals surface area contributed by atoms with E-state index in [4.69, 9.17) is 11.6 Å². The van der Waals surface area contributed by atoms with Crippen LogP contribution in [0.4, 0.5) is 0 Å². The minimum absolute atomic E-state index is 0.0439. The van der Waals surface area contributed by atoms with E-state index in [1.165, 1.54) is 11.3 Å². The number of hydrogen-bond donors (Lipinski definition) is 1. The second-order valence-corrected chi connectivity index (χ2v) is 7.57.